The molecule has 0 aliphatic heterocycles. The first-order valence-corrected chi connectivity index (χ1v) is 4.24. The molecule has 0 aliphatic rings. The van der Waals surface area contributed by atoms with Crippen molar-refractivity contribution in [3.05, 3.63) is 0 Å². The summed E-state index contributed by atoms with van der Waals surface area (Å²) < 4.78 is 0. The number of carbonyl (C=O) groups excluding carboxylic acids is 1. The van der Waals surface area contributed by atoms with Gasteiger partial charge in [-0.25, -0.2) is 4.79 Å². The van der Waals surface area contributed by atoms with Crippen molar-refractivity contribution in [2.75, 3.05) is 33.7 Å². The van der Waals surface area contributed by atoms with Gasteiger partial charge in [-0.05, 0) is 6.92 Å². The zero-order valence-electron chi connectivity index (χ0n) is 8.48. The number of hydrogen-bond donors (Lipinski definition) is 2. The quantitative estimate of drug-likeness (QED) is 0.471. The third-order valence-corrected chi connectivity index (χ3v) is 1.37. The van der Waals surface area contributed by atoms with Gasteiger partial charge in [-0.3, -0.25) is 0 Å². The minimum atomic E-state index is -0.0663. The fourth-order valence-corrected chi connectivity index (χ4v) is 0.655. The van der Waals surface area contributed by atoms with Crippen LogP contribution in [0.1, 0.15) is 6.92 Å². The zero-order valence-corrected chi connectivity index (χ0v) is 8.48. The van der Waals surface area contributed by atoms with Crippen LogP contribution in [0.4, 0.5) is 4.79 Å². The molecule has 2 N–H and O–H groups in total. The maximum absolute atomic E-state index is 11.0. The van der Waals surface area contributed by atoms with Gasteiger partial charge in [0.1, 0.15) is 0 Å². The van der Waals surface area contributed by atoms with Crippen LogP contribution in [-0.2, 0) is 0 Å². The highest BCUT2D eigenvalue weighted by Gasteiger charge is 1.99. The fraction of sp³-hybridized carbons (Fsp3) is 0.667. The SMILES string of the molecule is CC#CCNCCNC(=O)N(C)C. The summed E-state index contributed by atoms with van der Waals surface area (Å²) in [5.74, 6) is 5.65. The average Bonchev–Trinajstić information content (AvgIpc) is 2.10. The summed E-state index contributed by atoms with van der Waals surface area (Å²) in [5.41, 5.74) is 0. The molecule has 4 heteroatoms. The largest absolute Gasteiger partial charge is 0.337 e. The van der Waals surface area contributed by atoms with Gasteiger partial charge in [0.15, 0.2) is 0 Å². The van der Waals surface area contributed by atoms with Crippen LogP contribution in [0.15, 0.2) is 0 Å². The molecule has 0 spiro atoms. The standard InChI is InChI=1S/C9H17N3O/c1-4-5-6-10-7-8-11-9(13)12(2)3/h10H,6-8H2,1-3H3,(H,11,13). The Labute approximate surface area is 79.7 Å². The van der Waals surface area contributed by atoms with Crippen LogP contribution in [0, 0.1) is 11.8 Å². The molecule has 0 aliphatic carbocycles. The van der Waals surface area contributed by atoms with Gasteiger partial charge < -0.3 is 15.5 Å². The molecule has 4 nitrogen and oxygen atoms in total. The molecule has 0 heterocycles. The Morgan fingerprint density at radius 1 is 1.38 bits per heavy atom. The maximum atomic E-state index is 11.0. The molecule has 0 aromatic heterocycles. The minimum absolute atomic E-state index is 0.0663. The minimum Gasteiger partial charge on any atom is -0.337 e. The van der Waals surface area contributed by atoms with Crippen molar-refractivity contribution < 1.29 is 4.79 Å². The van der Waals surface area contributed by atoms with E-state index in [0.717, 1.165) is 6.54 Å². The monoisotopic (exact) mass is 183 g/mol. The first kappa shape index (κ1) is 11.8. The molecule has 0 saturated carbocycles. The first-order chi connectivity index (χ1) is 6.18. The number of hydrogen-bond acceptors (Lipinski definition) is 2. The molecule has 0 saturated heterocycles. The average molecular weight is 183 g/mol. The van der Waals surface area contributed by atoms with Crippen LogP contribution in [0.25, 0.3) is 0 Å². The van der Waals surface area contributed by atoms with E-state index in [9.17, 15) is 4.79 Å². The summed E-state index contributed by atoms with van der Waals surface area (Å²) in [6, 6.07) is -0.0663. The molecule has 0 aromatic rings. The lowest BCUT2D eigenvalue weighted by Crippen LogP contribution is -2.38. The normalized spacial score (nSPS) is 8.54. The van der Waals surface area contributed by atoms with Crippen LogP contribution in [0.5, 0.6) is 0 Å². The molecule has 0 aromatic carbocycles. The van der Waals surface area contributed by atoms with Crippen molar-refractivity contribution >= 4 is 6.03 Å². The van der Waals surface area contributed by atoms with E-state index in [4.69, 9.17) is 0 Å². The lowest BCUT2D eigenvalue weighted by molar-refractivity contribution is 0.217. The molecule has 0 unspecified atom stereocenters. The molecular weight excluding hydrogens is 166 g/mol. The van der Waals surface area contributed by atoms with E-state index in [1.807, 2.05) is 0 Å². The third-order valence-electron chi connectivity index (χ3n) is 1.37. The molecular formula is C9H17N3O. The van der Waals surface area contributed by atoms with Crippen LogP contribution in [0.3, 0.4) is 0 Å². The molecule has 0 atom stereocenters. The number of urea groups is 1. The topological polar surface area (TPSA) is 44.4 Å². The predicted octanol–water partition coefficient (Wildman–Crippen LogP) is -0.129. The van der Waals surface area contributed by atoms with Crippen molar-refractivity contribution in [3.8, 4) is 11.8 Å². The Morgan fingerprint density at radius 3 is 2.62 bits per heavy atom. The highest BCUT2D eigenvalue weighted by Crippen LogP contribution is 1.74. The zero-order chi connectivity index (χ0) is 10.1. The van der Waals surface area contributed by atoms with E-state index < -0.39 is 0 Å². The second kappa shape index (κ2) is 7.44. The second-order valence-corrected chi connectivity index (χ2v) is 2.73. The van der Waals surface area contributed by atoms with E-state index in [-0.39, 0.29) is 6.03 Å². The Bertz CT molecular complexity index is 203. The van der Waals surface area contributed by atoms with E-state index in [2.05, 4.69) is 22.5 Å². The van der Waals surface area contributed by atoms with Gasteiger partial charge in [0, 0.05) is 27.2 Å². The summed E-state index contributed by atoms with van der Waals surface area (Å²) in [5, 5.41) is 5.81. The van der Waals surface area contributed by atoms with Gasteiger partial charge in [0.05, 0.1) is 6.54 Å². The Hall–Kier alpha value is -1.21. The smallest absolute Gasteiger partial charge is 0.316 e. The van der Waals surface area contributed by atoms with Crippen molar-refractivity contribution in [1.82, 2.24) is 15.5 Å². The van der Waals surface area contributed by atoms with E-state index in [0.29, 0.717) is 13.1 Å². The number of rotatable bonds is 4. The van der Waals surface area contributed by atoms with Crippen molar-refractivity contribution in [3.63, 3.8) is 0 Å². The predicted molar refractivity (Wildman–Crippen MR) is 53.4 cm³/mol. The van der Waals surface area contributed by atoms with Crippen molar-refractivity contribution in [1.29, 1.82) is 0 Å². The summed E-state index contributed by atoms with van der Waals surface area (Å²) in [4.78, 5) is 12.5. The number of amides is 2. The number of carbonyl (C=O) groups is 1. The number of nitrogens with zero attached hydrogens (tertiary/aromatic N) is 1. The third kappa shape index (κ3) is 7.16. The number of nitrogens with one attached hydrogen (secondary N) is 2. The lowest BCUT2D eigenvalue weighted by atomic mass is 10.5. The van der Waals surface area contributed by atoms with Gasteiger partial charge in [0.2, 0.25) is 0 Å². The van der Waals surface area contributed by atoms with Crippen molar-refractivity contribution in [2.24, 2.45) is 0 Å². The Balaban J connectivity index is 3.24. The molecule has 0 radical (unpaired) electrons. The summed E-state index contributed by atoms with van der Waals surface area (Å²) in [6.45, 7) is 3.85. The van der Waals surface area contributed by atoms with E-state index >= 15 is 0 Å². The van der Waals surface area contributed by atoms with Gasteiger partial charge in [-0.2, -0.15) is 0 Å². The van der Waals surface area contributed by atoms with Gasteiger partial charge in [-0.1, -0.05) is 5.92 Å². The molecule has 13 heavy (non-hydrogen) atoms. The first-order valence-electron chi connectivity index (χ1n) is 4.24. The molecule has 74 valence electrons. The summed E-state index contributed by atoms with van der Waals surface area (Å²) in [7, 11) is 3.43. The maximum Gasteiger partial charge on any atom is 0.316 e. The van der Waals surface area contributed by atoms with Gasteiger partial charge in [0.25, 0.3) is 0 Å². The van der Waals surface area contributed by atoms with Crippen LogP contribution >= 0.6 is 0 Å². The van der Waals surface area contributed by atoms with Crippen molar-refractivity contribution in [2.45, 2.75) is 6.92 Å². The molecule has 0 bridgehead atoms. The molecule has 0 rings (SSSR count). The highest BCUT2D eigenvalue weighted by atomic mass is 16.2. The highest BCUT2D eigenvalue weighted by molar-refractivity contribution is 5.73. The van der Waals surface area contributed by atoms with E-state index in [1.54, 1.807) is 21.0 Å². The van der Waals surface area contributed by atoms with Crippen LogP contribution in [0.2, 0.25) is 0 Å². The van der Waals surface area contributed by atoms with Gasteiger partial charge >= 0.3 is 6.03 Å². The summed E-state index contributed by atoms with van der Waals surface area (Å²) >= 11 is 0. The fourth-order valence-electron chi connectivity index (χ4n) is 0.655. The van der Waals surface area contributed by atoms with Crippen LogP contribution in [-0.4, -0.2) is 44.7 Å². The molecule has 0 fully saturated rings. The van der Waals surface area contributed by atoms with Gasteiger partial charge in [-0.15, -0.1) is 5.92 Å². The Kier molecular flexibility index (Phi) is 6.75. The Morgan fingerprint density at radius 2 is 2.08 bits per heavy atom. The second-order valence-electron chi connectivity index (χ2n) is 2.73. The lowest BCUT2D eigenvalue weighted by Gasteiger charge is -2.11. The molecule has 2 amide bonds. The van der Waals surface area contributed by atoms with E-state index in [1.165, 1.54) is 4.90 Å². The van der Waals surface area contributed by atoms with Crippen LogP contribution < -0.4 is 10.6 Å². The summed E-state index contributed by atoms with van der Waals surface area (Å²) in [6.07, 6.45) is 0.